The maximum Gasteiger partial charge on any atom is 0.266 e. The van der Waals surface area contributed by atoms with Gasteiger partial charge < -0.3 is 20.3 Å². The lowest BCUT2D eigenvalue weighted by atomic mass is 10.2. The average Bonchev–Trinajstić information content (AvgIpc) is 2.81. The molecule has 0 saturated carbocycles. The Labute approximate surface area is 195 Å². The van der Waals surface area contributed by atoms with E-state index in [9.17, 15) is 4.79 Å². The van der Waals surface area contributed by atoms with Crippen molar-refractivity contribution in [3.63, 3.8) is 0 Å². The van der Waals surface area contributed by atoms with Gasteiger partial charge in [0.1, 0.15) is 11.4 Å². The molecule has 3 aromatic rings. The van der Waals surface area contributed by atoms with E-state index >= 15 is 0 Å². The quantitative estimate of drug-likeness (QED) is 0.584. The fraction of sp³-hybridized carbons (Fsp3) is 0.217. The van der Waals surface area contributed by atoms with Crippen molar-refractivity contribution in [2.24, 2.45) is 0 Å². The van der Waals surface area contributed by atoms with Crippen LogP contribution in [-0.4, -0.2) is 43.8 Å². The number of nitrogens with zero attached hydrogens (tertiary/aromatic N) is 3. The Balaban J connectivity index is 1.32. The molecule has 1 fully saturated rings. The Morgan fingerprint density at radius 1 is 0.969 bits per heavy atom. The van der Waals surface area contributed by atoms with Crippen LogP contribution < -0.4 is 25.2 Å². The molecule has 0 radical (unpaired) electrons. The number of hydrogen-bond acceptors (Lipinski definition) is 6. The number of nitrogens with one attached hydrogen (secondary N) is 2. The summed E-state index contributed by atoms with van der Waals surface area (Å²) in [5.74, 6) is 0.605. The third kappa shape index (κ3) is 4.07. The van der Waals surface area contributed by atoms with Crippen LogP contribution in [0.1, 0.15) is 10.4 Å². The van der Waals surface area contributed by atoms with Crippen molar-refractivity contribution in [3.05, 3.63) is 70.2 Å². The third-order valence-corrected chi connectivity index (χ3v) is 6.11. The van der Waals surface area contributed by atoms with Crippen LogP contribution >= 0.6 is 23.2 Å². The number of amides is 1. The Kier molecular flexibility index (Phi) is 5.78. The van der Waals surface area contributed by atoms with E-state index < -0.39 is 0 Å². The molecule has 164 valence electrons. The number of halogens is 2. The van der Waals surface area contributed by atoms with Crippen molar-refractivity contribution >= 4 is 52.0 Å². The number of pyridine rings is 1. The molecule has 2 aliphatic rings. The number of para-hydroxylation sites is 1. The lowest BCUT2D eigenvalue weighted by molar-refractivity contribution is 0.0933. The highest BCUT2D eigenvalue weighted by Crippen LogP contribution is 2.37. The Bertz CT molecular complexity index is 1130. The van der Waals surface area contributed by atoms with E-state index in [2.05, 4.69) is 32.7 Å². The number of fused-ring (bicyclic) bond motifs is 1. The smallest absolute Gasteiger partial charge is 0.266 e. The number of benzene rings is 2. The average molecular weight is 470 g/mol. The first-order chi connectivity index (χ1) is 15.6. The first kappa shape index (κ1) is 20.9. The molecule has 5 rings (SSSR count). The Hall–Kier alpha value is -3.00. The highest BCUT2D eigenvalue weighted by Gasteiger charge is 2.30. The van der Waals surface area contributed by atoms with Gasteiger partial charge in [0.15, 0.2) is 6.73 Å². The second-order valence-corrected chi connectivity index (χ2v) is 8.35. The van der Waals surface area contributed by atoms with Gasteiger partial charge in [0.25, 0.3) is 5.91 Å². The number of rotatable bonds is 4. The van der Waals surface area contributed by atoms with Gasteiger partial charge in [0, 0.05) is 37.6 Å². The molecule has 2 N–H and O–H groups in total. The molecule has 32 heavy (non-hydrogen) atoms. The van der Waals surface area contributed by atoms with E-state index in [4.69, 9.17) is 27.9 Å². The van der Waals surface area contributed by atoms with Gasteiger partial charge in [-0.2, -0.15) is 4.98 Å². The van der Waals surface area contributed by atoms with E-state index in [1.54, 1.807) is 30.3 Å². The number of hydrogen-bond donors (Lipinski definition) is 2. The molecule has 1 saturated heterocycles. The Morgan fingerprint density at radius 3 is 2.41 bits per heavy atom. The first-order valence-corrected chi connectivity index (χ1v) is 11.1. The van der Waals surface area contributed by atoms with Gasteiger partial charge in [-0.25, -0.2) is 0 Å². The van der Waals surface area contributed by atoms with Gasteiger partial charge in [-0.05, 0) is 48.5 Å². The summed E-state index contributed by atoms with van der Waals surface area (Å²) < 4.78 is 5.77. The molecule has 0 atom stereocenters. The number of carbonyl (C=O) groups is 1. The summed E-state index contributed by atoms with van der Waals surface area (Å²) in [7, 11) is 0. The lowest BCUT2D eigenvalue weighted by Gasteiger charge is -2.29. The highest BCUT2D eigenvalue weighted by atomic mass is 35.5. The number of anilines is 4. The van der Waals surface area contributed by atoms with Crippen LogP contribution in [0.3, 0.4) is 0 Å². The molecule has 7 nitrogen and oxygen atoms in total. The Morgan fingerprint density at radius 2 is 1.69 bits per heavy atom. The summed E-state index contributed by atoms with van der Waals surface area (Å²) in [5, 5.41) is 7.40. The second kappa shape index (κ2) is 8.86. The monoisotopic (exact) mass is 469 g/mol. The van der Waals surface area contributed by atoms with Crippen LogP contribution in [0.4, 0.5) is 22.9 Å². The third-order valence-electron chi connectivity index (χ3n) is 5.50. The van der Waals surface area contributed by atoms with Crippen molar-refractivity contribution in [3.8, 4) is 5.88 Å². The summed E-state index contributed by atoms with van der Waals surface area (Å²) in [5.41, 5.74) is 2.88. The summed E-state index contributed by atoms with van der Waals surface area (Å²) in [6.45, 7) is 3.97. The summed E-state index contributed by atoms with van der Waals surface area (Å²) >= 11 is 12.5. The van der Waals surface area contributed by atoms with Gasteiger partial charge in [-0.1, -0.05) is 29.3 Å². The second-order valence-electron chi connectivity index (χ2n) is 7.54. The minimum absolute atomic E-state index is 0.0227. The standard InChI is InChI=1S/C23H21Cl2N5O2/c24-18-2-1-3-19(25)21(18)30-14-32-22-17(23(30)31)8-9-20(28-22)27-15-4-6-16(7-5-15)29-12-10-26-11-13-29/h1-9,26H,10-14H2,(H,27,28). The van der Waals surface area contributed by atoms with Gasteiger partial charge in [-0.15, -0.1) is 0 Å². The molecule has 0 unspecified atom stereocenters. The van der Waals surface area contributed by atoms with E-state index in [1.165, 1.54) is 10.6 Å². The predicted octanol–water partition coefficient (Wildman–Crippen LogP) is 4.54. The topological polar surface area (TPSA) is 69.7 Å². The zero-order valence-corrected chi connectivity index (χ0v) is 18.7. The molecule has 9 heteroatoms. The highest BCUT2D eigenvalue weighted by molar-refractivity contribution is 6.40. The number of piperazine rings is 1. The van der Waals surface area contributed by atoms with Crippen molar-refractivity contribution in [2.75, 3.05) is 48.0 Å². The molecule has 2 aliphatic heterocycles. The summed E-state index contributed by atoms with van der Waals surface area (Å²) in [6.07, 6.45) is 0. The maximum absolute atomic E-state index is 13.0. The fourth-order valence-corrected chi connectivity index (χ4v) is 4.45. The van der Waals surface area contributed by atoms with Gasteiger partial charge in [0.2, 0.25) is 5.88 Å². The largest absolute Gasteiger partial charge is 0.455 e. The minimum atomic E-state index is -0.263. The maximum atomic E-state index is 13.0. The number of ether oxygens (including phenoxy) is 1. The molecule has 0 aliphatic carbocycles. The fourth-order valence-electron chi connectivity index (χ4n) is 3.85. The van der Waals surface area contributed by atoms with E-state index in [1.807, 2.05) is 12.1 Å². The molecular formula is C23H21Cl2N5O2. The summed E-state index contributed by atoms with van der Waals surface area (Å²) in [6, 6.07) is 16.8. The summed E-state index contributed by atoms with van der Waals surface area (Å²) in [4.78, 5) is 21.3. The SMILES string of the molecule is O=C1c2ccc(Nc3ccc(N4CCNCC4)cc3)nc2OCN1c1c(Cl)cccc1Cl. The van der Waals surface area contributed by atoms with Crippen molar-refractivity contribution in [2.45, 2.75) is 0 Å². The van der Waals surface area contributed by atoms with E-state index in [-0.39, 0.29) is 18.5 Å². The minimum Gasteiger partial charge on any atom is -0.455 e. The van der Waals surface area contributed by atoms with Crippen molar-refractivity contribution < 1.29 is 9.53 Å². The van der Waals surface area contributed by atoms with E-state index in [0.717, 1.165) is 31.9 Å². The first-order valence-electron chi connectivity index (χ1n) is 10.3. The zero-order valence-electron chi connectivity index (χ0n) is 17.1. The predicted molar refractivity (Wildman–Crippen MR) is 128 cm³/mol. The van der Waals surface area contributed by atoms with Crippen molar-refractivity contribution in [1.29, 1.82) is 0 Å². The van der Waals surface area contributed by atoms with Crippen LogP contribution in [0.2, 0.25) is 10.0 Å². The molecule has 0 spiro atoms. The molecule has 2 aromatic carbocycles. The van der Waals surface area contributed by atoms with Crippen LogP contribution in [0.5, 0.6) is 5.88 Å². The van der Waals surface area contributed by atoms with Crippen LogP contribution in [0.15, 0.2) is 54.6 Å². The van der Waals surface area contributed by atoms with Crippen molar-refractivity contribution in [1.82, 2.24) is 10.3 Å². The molecule has 0 bridgehead atoms. The van der Waals surface area contributed by atoms with Crippen LogP contribution in [0, 0.1) is 0 Å². The number of carbonyl (C=O) groups excluding carboxylic acids is 1. The van der Waals surface area contributed by atoms with Gasteiger partial charge in [-0.3, -0.25) is 9.69 Å². The zero-order chi connectivity index (χ0) is 22.1. The number of aromatic nitrogens is 1. The van der Waals surface area contributed by atoms with Crippen LogP contribution in [0.25, 0.3) is 0 Å². The van der Waals surface area contributed by atoms with Crippen LogP contribution in [-0.2, 0) is 0 Å². The van der Waals surface area contributed by atoms with Gasteiger partial charge in [0.05, 0.1) is 15.7 Å². The molecular weight excluding hydrogens is 449 g/mol. The molecule has 1 aromatic heterocycles. The van der Waals surface area contributed by atoms with Gasteiger partial charge >= 0.3 is 0 Å². The molecule has 3 heterocycles. The molecule has 1 amide bonds. The van der Waals surface area contributed by atoms with E-state index in [0.29, 0.717) is 27.1 Å². The normalized spacial score (nSPS) is 15.9. The lowest BCUT2D eigenvalue weighted by Crippen LogP contribution is -2.43.